The van der Waals surface area contributed by atoms with E-state index in [0.717, 1.165) is 30.7 Å². The monoisotopic (exact) mass is 307 g/mol. The van der Waals surface area contributed by atoms with Crippen molar-refractivity contribution in [1.29, 1.82) is 5.26 Å². The van der Waals surface area contributed by atoms with Crippen molar-refractivity contribution in [3.8, 4) is 6.07 Å². The average molecular weight is 308 g/mol. The van der Waals surface area contributed by atoms with E-state index in [0.29, 0.717) is 0 Å². The third-order valence-corrected chi connectivity index (χ3v) is 4.42. The number of rotatable bonds is 2. The molecule has 1 aliphatic rings. The molecule has 18 heavy (non-hydrogen) atoms. The SMILES string of the molecule is Cc1ccc(N2CCN(C(C)C#N)CC2)cc1Br. The second-order valence-electron chi connectivity index (χ2n) is 4.76. The zero-order valence-corrected chi connectivity index (χ0v) is 12.4. The van der Waals surface area contributed by atoms with Gasteiger partial charge in [0.2, 0.25) is 0 Å². The van der Waals surface area contributed by atoms with E-state index in [1.807, 2.05) is 6.92 Å². The lowest BCUT2D eigenvalue weighted by molar-refractivity contribution is 0.231. The molecule has 3 nitrogen and oxygen atoms in total. The highest BCUT2D eigenvalue weighted by molar-refractivity contribution is 9.10. The molecule has 1 aromatic carbocycles. The second kappa shape index (κ2) is 5.73. The van der Waals surface area contributed by atoms with Crippen LogP contribution in [0.4, 0.5) is 5.69 Å². The number of nitriles is 1. The molecule has 1 atom stereocenters. The number of halogens is 1. The van der Waals surface area contributed by atoms with Crippen LogP contribution in [0.3, 0.4) is 0 Å². The quantitative estimate of drug-likeness (QED) is 0.841. The van der Waals surface area contributed by atoms with Crippen molar-refractivity contribution >= 4 is 21.6 Å². The third-order valence-electron chi connectivity index (χ3n) is 3.57. The van der Waals surface area contributed by atoms with Gasteiger partial charge in [-0.2, -0.15) is 5.26 Å². The van der Waals surface area contributed by atoms with Gasteiger partial charge < -0.3 is 4.90 Å². The summed E-state index contributed by atoms with van der Waals surface area (Å²) < 4.78 is 1.16. The molecule has 0 aromatic heterocycles. The summed E-state index contributed by atoms with van der Waals surface area (Å²) in [5.74, 6) is 0. The highest BCUT2D eigenvalue weighted by Gasteiger charge is 2.20. The first kappa shape index (κ1) is 13.4. The Morgan fingerprint density at radius 3 is 2.50 bits per heavy atom. The van der Waals surface area contributed by atoms with Crippen molar-refractivity contribution in [2.24, 2.45) is 0 Å². The summed E-state index contributed by atoms with van der Waals surface area (Å²) in [6.07, 6.45) is 0. The molecule has 0 saturated carbocycles. The van der Waals surface area contributed by atoms with E-state index in [4.69, 9.17) is 5.26 Å². The fourth-order valence-corrected chi connectivity index (χ4v) is 2.59. The summed E-state index contributed by atoms with van der Waals surface area (Å²) in [6.45, 7) is 7.96. The summed E-state index contributed by atoms with van der Waals surface area (Å²) in [5.41, 5.74) is 2.52. The van der Waals surface area contributed by atoms with E-state index >= 15 is 0 Å². The zero-order chi connectivity index (χ0) is 13.1. The van der Waals surface area contributed by atoms with Crippen LogP contribution in [-0.2, 0) is 0 Å². The first-order valence-electron chi connectivity index (χ1n) is 6.26. The largest absolute Gasteiger partial charge is 0.369 e. The summed E-state index contributed by atoms with van der Waals surface area (Å²) in [6, 6.07) is 8.82. The lowest BCUT2D eigenvalue weighted by atomic mass is 10.2. The Morgan fingerprint density at radius 1 is 1.28 bits per heavy atom. The van der Waals surface area contributed by atoms with E-state index in [2.05, 4.69) is 56.9 Å². The van der Waals surface area contributed by atoms with Gasteiger partial charge in [-0.05, 0) is 31.5 Å². The van der Waals surface area contributed by atoms with E-state index in [9.17, 15) is 0 Å². The molecule has 0 spiro atoms. The molecule has 1 fully saturated rings. The number of anilines is 1. The summed E-state index contributed by atoms with van der Waals surface area (Å²) >= 11 is 3.58. The summed E-state index contributed by atoms with van der Waals surface area (Å²) in [4.78, 5) is 4.62. The Balaban J connectivity index is 2.01. The topological polar surface area (TPSA) is 30.3 Å². The molecule has 0 bridgehead atoms. The predicted molar refractivity (Wildman–Crippen MR) is 77.7 cm³/mol. The molecule has 96 valence electrons. The molecular formula is C14H18BrN3. The van der Waals surface area contributed by atoms with Crippen molar-refractivity contribution in [1.82, 2.24) is 4.90 Å². The molecule has 1 heterocycles. The maximum absolute atomic E-state index is 8.93. The van der Waals surface area contributed by atoms with Crippen LogP contribution in [0.25, 0.3) is 0 Å². The number of hydrogen-bond donors (Lipinski definition) is 0. The highest BCUT2D eigenvalue weighted by Crippen LogP contribution is 2.24. The van der Waals surface area contributed by atoms with Crippen molar-refractivity contribution in [2.75, 3.05) is 31.1 Å². The fourth-order valence-electron chi connectivity index (χ4n) is 2.23. The standard InChI is InChI=1S/C14H18BrN3/c1-11-3-4-13(9-14(11)15)18-7-5-17(6-8-18)12(2)10-16/h3-4,9,12H,5-8H2,1-2H3. The molecule has 0 radical (unpaired) electrons. The first-order valence-corrected chi connectivity index (χ1v) is 7.06. The molecule has 0 amide bonds. The van der Waals surface area contributed by atoms with Gasteiger partial charge >= 0.3 is 0 Å². The van der Waals surface area contributed by atoms with Crippen LogP contribution in [0, 0.1) is 18.3 Å². The number of piperazine rings is 1. The normalized spacial score (nSPS) is 18.4. The van der Waals surface area contributed by atoms with E-state index < -0.39 is 0 Å². The summed E-state index contributed by atoms with van der Waals surface area (Å²) in [5, 5.41) is 8.93. The minimum atomic E-state index is 0.0249. The zero-order valence-electron chi connectivity index (χ0n) is 10.9. The second-order valence-corrected chi connectivity index (χ2v) is 5.62. The van der Waals surface area contributed by atoms with Gasteiger partial charge in [-0.3, -0.25) is 4.90 Å². The van der Waals surface area contributed by atoms with Crippen molar-refractivity contribution in [3.05, 3.63) is 28.2 Å². The highest BCUT2D eigenvalue weighted by atomic mass is 79.9. The number of benzene rings is 1. The van der Waals surface area contributed by atoms with Crippen LogP contribution in [0.1, 0.15) is 12.5 Å². The van der Waals surface area contributed by atoms with Gasteiger partial charge in [-0.1, -0.05) is 22.0 Å². The van der Waals surface area contributed by atoms with E-state index in [1.165, 1.54) is 11.3 Å². The fraction of sp³-hybridized carbons (Fsp3) is 0.500. The lowest BCUT2D eigenvalue weighted by Gasteiger charge is -2.37. The Bertz CT molecular complexity index is 459. The van der Waals surface area contributed by atoms with Crippen LogP contribution < -0.4 is 4.90 Å². The van der Waals surface area contributed by atoms with E-state index in [-0.39, 0.29) is 6.04 Å². The smallest absolute Gasteiger partial charge is 0.0950 e. The number of aryl methyl sites for hydroxylation is 1. The Morgan fingerprint density at radius 2 is 1.94 bits per heavy atom. The van der Waals surface area contributed by atoms with Gasteiger partial charge in [-0.25, -0.2) is 0 Å². The first-order chi connectivity index (χ1) is 8.61. The maximum Gasteiger partial charge on any atom is 0.0950 e. The Labute approximate surface area is 117 Å². The minimum absolute atomic E-state index is 0.0249. The van der Waals surface area contributed by atoms with Crippen LogP contribution in [-0.4, -0.2) is 37.1 Å². The maximum atomic E-state index is 8.93. The molecule has 1 unspecified atom stereocenters. The van der Waals surface area contributed by atoms with Crippen molar-refractivity contribution in [2.45, 2.75) is 19.9 Å². The molecule has 2 rings (SSSR count). The number of hydrogen-bond acceptors (Lipinski definition) is 3. The molecule has 4 heteroatoms. The predicted octanol–water partition coefficient (Wildman–Crippen LogP) is 2.79. The van der Waals surface area contributed by atoms with Gasteiger partial charge in [0.25, 0.3) is 0 Å². The number of nitrogens with zero attached hydrogens (tertiary/aromatic N) is 3. The van der Waals surface area contributed by atoms with Gasteiger partial charge in [0, 0.05) is 36.3 Å². The van der Waals surface area contributed by atoms with Crippen molar-refractivity contribution in [3.63, 3.8) is 0 Å². The summed E-state index contributed by atoms with van der Waals surface area (Å²) in [7, 11) is 0. The van der Waals surface area contributed by atoms with Crippen LogP contribution in [0.5, 0.6) is 0 Å². The van der Waals surface area contributed by atoms with Gasteiger partial charge in [0.1, 0.15) is 0 Å². The molecule has 0 N–H and O–H groups in total. The Kier molecular flexibility index (Phi) is 4.26. The van der Waals surface area contributed by atoms with Gasteiger partial charge in [0.15, 0.2) is 0 Å². The van der Waals surface area contributed by atoms with Gasteiger partial charge in [-0.15, -0.1) is 0 Å². The minimum Gasteiger partial charge on any atom is -0.369 e. The van der Waals surface area contributed by atoms with Gasteiger partial charge in [0.05, 0.1) is 12.1 Å². The van der Waals surface area contributed by atoms with E-state index in [1.54, 1.807) is 0 Å². The molecule has 1 aliphatic heterocycles. The molecule has 1 saturated heterocycles. The van der Waals surface area contributed by atoms with Crippen LogP contribution >= 0.6 is 15.9 Å². The molecular weight excluding hydrogens is 290 g/mol. The molecule has 0 aliphatic carbocycles. The Hall–Kier alpha value is -1.05. The lowest BCUT2D eigenvalue weighted by Crippen LogP contribution is -2.49. The average Bonchev–Trinajstić information content (AvgIpc) is 2.41. The van der Waals surface area contributed by atoms with Crippen LogP contribution in [0.2, 0.25) is 0 Å². The van der Waals surface area contributed by atoms with Crippen molar-refractivity contribution < 1.29 is 0 Å². The molecule has 1 aromatic rings. The van der Waals surface area contributed by atoms with Crippen LogP contribution in [0.15, 0.2) is 22.7 Å². The third kappa shape index (κ3) is 2.85.